The summed E-state index contributed by atoms with van der Waals surface area (Å²) >= 11 is 0. The number of imidazole rings is 1. The topological polar surface area (TPSA) is 126 Å². The molecular weight excluding hydrogens is 271 g/mol. The Morgan fingerprint density at radius 3 is 3.00 bits per heavy atom. The number of nitrogens with zero attached hydrogens (tertiary/aromatic N) is 2. The van der Waals surface area contributed by atoms with Crippen LogP contribution in [0.15, 0.2) is 17.2 Å². The Labute approximate surface area is 111 Å². The van der Waals surface area contributed by atoms with E-state index in [4.69, 9.17) is 15.6 Å². The van der Waals surface area contributed by atoms with E-state index in [0.717, 1.165) is 0 Å². The van der Waals surface area contributed by atoms with Crippen LogP contribution in [0.1, 0.15) is 6.23 Å². The number of H-pyrrole nitrogens is 1. The zero-order valence-corrected chi connectivity index (χ0v) is 10.2. The molecule has 1 saturated heterocycles. The summed E-state index contributed by atoms with van der Waals surface area (Å²) < 4.78 is 20.3. The number of pyridine rings is 1. The van der Waals surface area contributed by atoms with Crippen LogP contribution in [0.5, 0.6) is 0 Å². The summed E-state index contributed by atoms with van der Waals surface area (Å²) in [5.74, 6) is 0.118. The maximum Gasteiger partial charge on any atom is 0.277 e. The van der Waals surface area contributed by atoms with Crippen LogP contribution in [0, 0.1) is 0 Å². The molecule has 4 atom stereocenters. The van der Waals surface area contributed by atoms with Crippen molar-refractivity contribution in [3.8, 4) is 0 Å². The van der Waals surface area contributed by atoms with Crippen molar-refractivity contribution < 1.29 is 19.3 Å². The molecule has 9 heteroatoms. The average molecular weight is 284 g/mol. The van der Waals surface area contributed by atoms with Crippen molar-refractivity contribution in [2.45, 2.75) is 24.6 Å². The second-order valence-corrected chi connectivity index (χ2v) is 4.62. The van der Waals surface area contributed by atoms with Gasteiger partial charge in [-0.05, 0) is 0 Å². The van der Waals surface area contributed by atoms with E-state index in [1.165, 1.54) is 17.0 Å². The van der Waals surface area contributed by atoms with Crippen LogP contribution in [-0.4, -0.2) is 49.7 Å². The van der Waals surface area contributed by atoms with Crippen molar-refractivity contribution in [2.24, 2.45) is 0 Å². The van der Waals surface area contributed by atoms with Crippen molar-refractivity contribution in [3.05, 3.63) is 22.7 Å². The van der Waals surface area contributed by atoms with E-state index in [9.17, 15) is 14.3 Å². The molecule has 3 rings (SSSR count). The molecule has 0 radical (unpaired) electrons. The highest BCUT2D eigenvalue weighted by molar-refractivity contribution is 5.76. The van der Waals surface area contributed by atoms with Crippen LogP contribution in [0.3, 0.4) is 0 Å². The molecule has 0 spiro atoms. The molecule has 2 aromatic rings. The van der Waals surface area contributed by atoms with E-state index in [1.54, 1.807) is 0 Å². The Morgan fingerprint density at radius 2 is 2.35 bits per heavy atom. The Bertz CT molecular complexity index is 699. The van der Waals surface area contributed by atoms with Crippen LogP contribution in [0.4, 0.5) is 10.2 Å². The summed E-state index contributed by atoms with van der Waals surface area (Å²) in [6.45, 7) is -0.552. The van der Waals surface area contributed by atoms with E-state index >= 15 is 0 Å². The fraction of sp³-hybridized carbons (Fsp3) is 0.455. The third-order valence-electron chi connectivity index (χ3n) is 3.34. The van der Waals surface area contributed by atoms with Crippen LogP contribution in [0.2, 0.25) is 0 Å². The molecule has 1 aliphatic heterocycles. The van der Waals surface area contributed by atoms with Crippen molar-refractivity contribution in [3.63, 3.8) is 0 Å². The van der Waals surface area contributed by atoms with E-state index in [1.807, 2.05) is 0 Å². The van der Waals surface area contributed by atoms with Gasteiger partial charge >= 0.3 is 0 Å². The molecule has 3 heterocycles. The van der Waals surface area contributed by atoms with Gasteiger partial charge in [0.1, 0.15) is 18.0 Å². The third kappa shape index (κ3) is 1.79. The van der Waals surface area contributed by atoms with Crippen molar-refractivity contribution in [2.75, 3.05) is 12.3 Å². The SMILES string of the molecule is Nc1cc2c(ncn2[C@@H]2O[C@H](CO)C(F)C2O)c(=O)[nH]1. The van der Waals surface area contributed by atoms with Crippen LogP contribution in [-0.2, 0) is 4.74 Å². The fourth-order valence-electron chi connectivity index (χ4n) is 2.35. The minimum Gasteiger partial charge on any atom is -0.394 e. The van der Waals surface area contributed by atoms with Gasteiger partial charge in [0.2, 0.25) is 0 Å². The number of nitrogen functional groups attached to an aromatic ring is 1. The zero-order chi connectivity index (χ0) is 14.4. The molecule has 8 nitrogen and oxygen atoms in total. The number of aliphatic hydroxyl groups is 2. The third-order valence-corrected chi connectivity index (χ3v) is 3.34. The molecule has 1 fully saturated rings. The van der Waals surface area contributed by atoms with Gasteiger partial charge in [-0.15, -0.1) is 0 Å². The highest BCUT2D eigenvalue weighted by Crippen LogP contribution is 2.33. The average Bonchev–Trinajstić information content (AvgIpc) is 2.93. The number of halogens is 1. The molecular formula is C11H13FN4O4. The molecule has 0 amide bonds. The Balaban J connectivity index is 2.09. The van der Waals surface area contributed by atoms with Gasteiger partial charge in [0.05, 0.1) is 18.5 Å². The predicted octanol–water partition coefficient (Wildman–Crippen LogP) is -1.10. The van der Waals surface area contributed by atoms with Crippen molar-refractivity contribution >= 4 is 16.9 Å². The standard InChI is InChI=1S/C11H13FN4O4/c12-7-5(2-17)20-11(9(7)18)16-3-14-8-4(16)1-6(13)15-10(8)19/h1,3,5,7,9,11,17-18H,2H2,(H3,13,15,19)/t5-,7?,9?,11-/m1/s1. The Kier molecular flexibility index (Phi) is 2.96. The van der Waals surface area contributed by atoms with Gasteiger partial charge in [0.25, 0.3) is 5.56 Å². The summed E-state index contributed by atoms with van der Waals surface area (Å²) in [6.07, 6.45) is -4.12. The Morgan fingerprint density at radius 1 is 1.60 bits per heavy atom. The number of aromatic nitrogens is 3. The lowest BCUT2D eigenvalue weighted by Crippen LogP contribution is -2.29. The van der Waals surface area contributed by atoms with Gasteiger partial charge in [-0.25, -0.2) is 9.37 Å². The minimum absolute atomic E-state index is 0.109. The lowest BCUT2D eigenvalue weighted by molar-refractivity contribution is -0.0493. The van der Waals surface area contributed by atoms with Gasteiger partial charge in [-0.3, -0.25) is 4.79 Å². The molecule has 108 valence electrons. The smallest absolute Gasteiger partial charge is 0.277 e. The molecule has 5 N–H and O–H groups in total. The first-order valence-corrected chi connectivity index (χ1v) is 5.96. The van der Waals surface area contributed by atoms with E-state index in [0.29, 0.717) is 5.52 Å². The summed E-state index contributed by atoms with van der Waals surface area (Å²) in [5, 5.41) is 18.8. The molecule has 2 unspecified atom stereocenters. The maximum absolute atomic E-state index is 13.7. The number of ether oxygens (including phenoxy) is 1. The minimum atomic E-state index is -1.72. The van der Waals surface area contributed by atoms with Gasteiger partial charge < -0.3 is 30.2 Å². The number of rotatable bonds is 2. The molecule has 0 bridgehead atoms. The zero-order valence-electron chi connectivity index (χ0n) is 10.2. The summed E-state index contributed by atoms with van der Waals surface area (Å²) in [7, 11) is 0. The summed E-state index contributed by atoms with van der Waals surface area (Å²) in [6, 6.07) is 1.44. The summed E-state index contributed by atoms with van der Waals surface area (Å²) in [4.78, 5) is 18.0. The van der Waals surface area contributed by atoms with E-state index < -0.39 is 36.8 Å². The van der Waals surface area contributed by atoms with Gasteiger partial charge in [-0.2, -0.15) is 0 Å². The van der Waals surface area contributed by atoms with Crippen molar-refractivity contribution in [1.29, 1.82) is 0 Å². The van der Waals surface area contributed by atoms with Gasteiger partial charge in [0.15, 0.2) is 17.9 Å². The normalized spacial score (nSPS) is 30.1. The first kappa shape index (κ1) is 13.0. The van der Waals surface area contributed by atoms with E-state index in [2.05, 4.69) is 9.97 Å². The van der Waals surface area contributed by atoms with Gasteiger partial charge in [-0.1, -0.05) is 0 Å². The first-order chi connectivity index (χ1) is 9.52. The number of hydrogen-bond acceptors (Lipinski definition) is 6. The van der Waals surface area contributed by atoms with E-state index in [-0.39, 0.29) is 11.3 Å². The number of nitrogens with one attached hydrogen (secondary N) is 1. The molecule has 0 saturated carbocycles. The number of nitrogens with two attached hydrogens (primary N) is 1. The molecule has 20 heavy (non-hydrogen) atoms. The monoisotopic (exact) mass is 284 g/mol. The number of alkyl halides is 1. The van der Waals surface area contributed by atoms with Gasteiger partial charge in [0, 0.05) is 6.07 Å². The number of hydrogen-bond donors (Lipinski definition) is 4. The highest BCUT2D eigenvalue weighted by Gasteiger charge is 2.45. The van der Waals surface area contributed by atoms with Crippen LogP contribution >= 0.6 is 0 Å². The maximum atomic E-state index is 13.7. The van der Waals surface area contributed by atoms with Crippen LogP contribution < -0.4 is 11.3 Å². The largest absolute Gasteiger partial charge is 0.394 e. The second-order valence-electron chi connectivity index (χ2n) is 4.62. The molecule has 0 aliphatic carbocycles. The number of anilines is 1. The molecule has 1 aliphatic rings. The first-order valence-electron chi connectivity index (χ1n) is 5.96. The predicted molar refractivity (Wildman–Crippen MR) is 66.7 cm³/mol. The number of fused-ring (bicyclic) bond motifs is 1. The molecule has 0 aromatic carbocycles. The molecule has 2 aromatic heterocycles. The number of aliphatic hydroxyl groups excluding tert-OH is 2. The fourth-order valence-corrected chi connectivity index (χ4v) is 2.35. The summed E-state index contributed by atoms with van der Waals surface area (Å²) in [5.41, 5.74) is 5.50. The van der Waals surface area contributed by atoms with Crippen LogP contribution in [0.25, 0.3) is 11.0 Å². The Hall–Kier alpha value is -1.97. The lowest BCUT2D eigenvalue weighted by atomic mass is 10.1. The lowest BCUT2D eigenvalue weighted by Gasteiger charge is -2.16. The highest BCUT2D eigenvalue weighted by atomic mass is 19.1. The number of aromatic amines is 1. The second kappa shape index (κ2) is 4.54. The van der Waals surface area contributed by atoms with Crippen molar-refractivity contribution in [1.82, 2.24) is 14.5 Å². The quantitative estimate of drug-likeness (QED) is 0.554.